The fourth-order valence-corrected chi connectivity index (χ4v) is 2.43. The van der Waals surface area contributed by atoms with Gasteiger partial charge in [-0.05, 0) is 38.0 Å². The quantitative estimate of drug-likeness (QED) is 0.725. The van der Waals surface area contributed by atoms with Gasteiger partial charge in [0.2, 0.25) is 11.8 Å². The smallest absolute Gasteiger partial charge is 0.239 e. The Labute approximate surface area is 124 Å². The lowest BCUT2D eigenvalue weighted by atomic mass is 10.0. The summed E-state index contributed by atoms with van der Waals surface area (Å²) in [4.78, 5) is 25.0. The third-order valence-corrected chi connectivity index (χ3v) is 3.39. The van der Waals surface area contributed by atoms with Crippen molar-refractivity contribution in [3.63, 3.8) is 0 Å². The minimum atomic E-state index is -0.0436. The Hall–Kier alpha value is -2.24. The fourth-order valence-electron chi connectivity index (χ4n) is 2.43. The Morgan fingerprint density at radius 3 is 2.81 bits per heavy atom. The summed E-state index contributed by atoms with van der Waals surface area (Å²) >= 11 is 0. The highest BCUT2D eigenvalue weighted by molar-refractivity contribution is 5.96. The molecule has 1 aromatic rings. The molecule has 1 aliphatic heterocycles. The average Bonchev–Trinajstić information content (AvgIpc) is 2.36. The van der Waals surface area contributed by atoms with Crippen LogP contribution in [0.5, 0.6) is 0 Å². The lowest BCUT2D eigenvalue weighted by Gasteiger charge is -2.25. The van der Waals surface area contributed by atoms with Crippen LogP contribution in [0.15, 0.2) is 12.1 Å². The monoisotopic (exact) mass is 290 g/mol. The highest BCUT2D eigenvalue weighted by atomic mass is 16.2. The molecule has 0 aromatic heterocycles. The van der Waals surface area contributed by atoms with E-state index in [0.717, 1.165) is 16.9 Å². The highest BCUT2D eigenvalue weighted by Gasteiger charge is 2.19. The number of nitrogens with zero attached hydrogens (tertiary/aromatic N) is 1. The van der Waals surface area contributed by atoms with Gasteiger partial charge >= 0.3 is 0 Å². The number of aryl methyl sites for hydroxylation is 1. The SMILES string of the molecule is CC(C)NC(=O)CN(C)c1cc2c(cc1N)NC(=O)CC2. The molecule has 0 saturated heterocycles. The van der Waals surface area contributed by atoms with Gasteiger partial charge in [-0.1, -0.05) is 0 Å². The van der Waals surface area contributed by atoms with Gasteiger partial charge in [0.25, 0.3) is 0 Å². The van der Waals surface area contributed by atoms with E-state index < -0.39 is 0 Å². The molecular formula is C15H22N4O2. The van der Waals surface area contributed by atoms with Gasteiger partial charge in [-0.15, -0.1) is 0 Å². The number of anilines is 3. The van der Waals surface area contributed by atoms with E-state index in [-0.39, 0.29) is 24.4 Å². The summed E-state index contributed by atoms with van der Waals surface area (Å²) in [6.45, 7) is 4.09. The highest BCUT2D eigenvalue weighted by Crippen LogP contribution is 2.32. The molecule has 114 valence electrons. The lowest BCUT2D eigenvalue weighted by Crippen LogP contribution is -2.38. The summed E-state index contributed by atoms with van der Waals surface area (Å²) in [5, 5.41) is 5.67. The van der Waals surface area contributed by atoms with Gasteiger partial charge in [0.15, 0.2) is 0 Å². The van der Waals surface area contributed by atoms with Crippen molar-refractivity contribution in [2.24, 2.45) is 0 Å². The molecule has 6 nitrogen and oxygen atoms in total. The van der Waals surface area contributed by atoms with Crippen LogP contribution >= 0.6 is 0 Å². The van der Waals surface area contributed by atoms with Crippen molar-refractivity contribution in [1.82, 2.24) is 5.32 Å². The Bertz CT molecular complexity index is 569. The third-order valence-electron chi connectivity index (χ3n) is 3.39. The zero-order valence-electron chi connectivity index (χ0n) is 12.7. The van der Waals surface area contributed by atoms with Crippen molar-refractivity contribution in [3.8, 4) is 0 Å². The van der Waals surface area contributed by atoms with Crippen LogP contribution in [0.4, 0.5) is 17.1 Å². The summed E-state index contributed by atoms with van der Waals surface area (Å²) in [7, 11) is 1.83. The molecular weight excluding hydrogens is 268 g/mol. The van der Waals surface area contributed by atoms with Crippen LogP contribution < -0.4 is 21.3 Å². The average molecular weight is 290 g/mol. The van der Waals surface area contributed by atoms with Crippen LogP contribution in [0.25, 0.3) is 0 Å². The Morgan fingerprint density at radius 1 is 1.43 bits per heavy atom. The van der Waals surface area contributed by atoms with Gasteiger partial charge in [-0.3, -0.25) is 9.59 Å². The van der Waals surface area contributed by atoms with Crippen LogP contribution in [-0.4, -0.2) is 31.4 Å². The van der Waals surface area contributed by atoms with Gasteiger partial charge in [-0.2, -0.15) is 0 Å². The maximum atomic E-state index is 11.8. The number of rotatable bonds is 4. The number of hydrogen-bond donors (Lipinski definition) is 3. The predicted molar refractivity (Wildman–Crippen MR) is 84.4 cm³/mol. The summed E-state index contributed by atoms with van der Waals surface area (Å²) < 4.78 is 0. The first-order valence-corrected chi connectivity index (χ1v) is 7.09. The van der Waals surface area contributed by atoms with Gasteiger partial charge in [0.1, 0.15) is 0 Å². The number of fused-ring (bicyclic) bond motifs is 1. The first-order valence-electron chi connectivity index (χ1n) is 7.09. The van der Waals surface area contributed by atoms with Crippen LogP contribution in [0.3, 0.4) is 0 Å². The van der Waals surface area contributed by atoms with E-state index in [1.165, 1.54) is 0 Å². The van der Waals surface area contributed by atoms with Crippen LogP contribution in [0.2, 0.25) is 0 Å². The largest absolute Gasteiger partial charge is 0.397 e. The number of amides is 2. The van der Waals surface area contributed by atoms with E-state index >= 15 is 0 Å². The summed E-state index contributed by atoms with van der Waals surface area (Å²) in [6, 6.07) is 3.83. The molecule has 0 radical (unpaired) electrons. The number of carbonyl (C=O) groups is 2. The van der Waals surface area contributed by atoms with Gasteiger partial charge in [0.05, 0.1) is 17.9 Å². The van der Waals surface area contributed by atoms with Gasteiger partial charge in [0, 0.05) is 25.2 Å². The Kier molecular flexibility index (Phi) is 4.35. The first kappa shape index (κ1) is 15.2. The zero-order valence-corrected chi connectivity index (χ0v) is 12.7. The van der Waals surface area contributed by atoms with E-state index in [4.69, 9.17) is 5.73 Å². The number of benzene rings is 1. The molecule has 1 aliphatic rings. The molecule has 0 fully saturated rings. The lowest BCUT2D eigenvalue weighted by molar-refractivity contribution is -0.120. The molecule has 0 bridgehead atoms. The summed E-state index contributed by atoms with van der Waals surface area (Å²) in [6.07, 6.45) is 1.17. The van der Waals surface area contributed by atoms with E-state index in [1.807, 2.05) is 31.9 Å². The molecule has 0 unspecified atom stereocenters. The molecule has 21 heavy (non-hydrogen) atoms. The minimum absolute atomic E-state index is 0.0133. The predicted octanol–water partition coefficient (Wildman–Crippen LogP) is 1.11. The van der Waals surface area contributed by atoms with Crippen molar-refractivity contribution in [3.05, 3.63) is 17.7 Å². The molecule has 0 aliphatic carbocycles. The van der Waals surface area contributed by atoms with Crippen molar-refractivity contribution in [2.75, 3.05) is 29.5 Å². The van der Waals surface area contributed by atoms with E-state index in [9.17, 15) is 9.59 Å². The molecule has 0 saturated carbocycles. The Morgan fingerprint density at radius 2 is 2.14 bits per heavy atom. The molecule has 1 heterocycles. The van der Waals surface area contributed by atoms with Gasteiger partial charge < -0.3 is 21.3 Å². The number of likely N-dealkylation sites (N-methyl/N-ethyl adjacent to an activating group) is 1. The second kappa shape index (κ2) is 6.03. The minimum Gasteiger partial charge on any atom is -0.397 e. The number of nitrogens with one attached hydrogen (secondary N) is 2. The number of carbonyl (C=O) groups excluding carboxylic acids is 2. The summed E-state index contributed by atoms with van der Waals surface area (Å²) in [5.41, 5.74) is 9.23. The van der Waals surface area contributed by atoms with Crippen molar-refractivity contribution in [2.45, 2.75) is 32.7 Å². The molecule has 1 aromatic carbocycles. The van der Waals surface area contributed by atoms with Crippen LogP contribution in [0, 0.1) is 0 Å². The molecule has 6 heteroatoms. The molecule has 0 spiro atoms. The van der Waals surface area contributed by atoms with Gasteiger partial charge in [-0.25, -0.2) is 0 Å². The van der Waals surface area contributed by atoms with E-state index in [2.05, 4.69) is 10.6 Å². The standard InChI is InChI=1S/C15H22N4O2/c1-9(2)17-15(21)8-19(3)13-6-10-4-5-14(20)18-12(10)7-11(13)16/h6-7,9H,4-5,8,16H2,1-3H3,(H,17,21)(H,18,20). The van der Waals surface area contributed by atoms with E-state index in [1.54, 1.807) is 6.07 Å². The first-order chi connectivity index (χ1) is 9.86. The second-order valence-electron chi connectivity index (χ2n) is 5.69. The zero-order chi connectivity index (χ0) is 15.6. The fraction of sp³-hybridized carbons (Fsp3) is 0.467. The van der Waals surface area contributed by atoms with Crippen molar-refractivity contribution < 1.29 is 9.59 Å². The van der Waals surface area contributed by atoms with Crippen LogP contribution in [0.1, 0.15) is 25.8 Å². The van der Waals surface area contributed by atoms with Crippen LogP contribution in [-0.2, 0) is 16.0 Å². The maximum absolute atomic E-state index is 11.8. The number of nitrogens with two attached hydrogens (primary N) is 1. The van der Waals surface area contributed by atoms with Crippen molar-refractivity contribution >= 4 is 28.9 Å². The second-order valence-corrected chi connectivity index (χ2v) is 5.69. The molecule has 0 atom stereocenters. The van der Waals surface area contributed by atoms with Crippen molar-refractivity contribution in [1.29, 1.82) is 0 Å². The maximum Gasteiger partial charge on any atom is 0.239 e. The molecule has 2 rings (SSSR count). The number of nitrogen functional groups attached to an aromatic ring is 1. The molecule has 4 N–H and O–H groups in total. The normalized spacial score (nSPS) is 13.6. The molecule has 2 amide bonds. The number of hydrogen-bond acceptors (Lipinski definition) is 4. The Balaban J connectivity index is 2.16. The van der Waals surface area contributed by atoms with E-state index in [0.29, 0.717) is 18.5 Å². The summed E-state index contributed by atoms with van der Waals surface area (Å²) in [5.74, 6) is -0.0303. The third kappa shape index (κ3) is 3.65. The topological polar surface area (TPSA) is 87.5 Å².